The Kier molecular flexibility index (Phi) is 4.14. The molecular weight excluding hydrogens is 307 g/mol. The van der Waals surface area contributed by atoms with E-state index < -0.39 is 6.09 Å². The molecule has 23 heavy (non-hydrogen) atoms. The second-order valence-electron chi connectivity index (χ2n) is 5.34. The van der Waals surface area contributed by atoms with Crippen LogP contribution in [0.5, 0.6) is 5.75 Å². The van der Waals surface area contributed by atoms with Crippen LogP contribution in [0, 0.1) is 5.82 Å². The first-order valence-corrected chi connectivity index (χ1v) is 7.19. The lowest BCUT2D eigenvalue weighted by Gasteiger charge is -2.20. The molecule has 1 aromatic rings. The van der Waals surface area contributed by atoms with Crippen molar-refractivity contribution in [2.45, 2.75) is 12.5 Å². The Bertz CT molecular complexity index is 617. The summed E-state index contributed by atoms with van der Waals surface area (Å²) in [6.07, 6.45) is -0.139. The number of carbonyl (C=O) groups is 3. The highest BCUT2D eigenvalue weighted by molar-refractivity contribution is 5.98. The van der Waals surface area contributed by atoms with E-state index >= 15 is 0 Å². The van der Waals surface area contributed by atoms with E-state index in [1.807, 2.05) is 0 Å². The normalized spacial score (nSPS) is 20.8. The average Bonchev–Trinajstić information content (AvgIpc) is 3.13. The van der Waals surface area contributed by atoms with Crippen LogP contribution in [0.1, 0.15) is 6.42 Å². The van der Waals surface area contributed by atoms with Gasteiger partial charge in [-0.2, -0.15) is 0 Å². The highest BCUT2D eigenvalue weighted by Crippen LogP contribution is 2.20. The molecule has 0 radical (unpaired) electrons. The van der Waals surface area contributed by atoms with Crippen LogP contribution in [0.4, 0.5) is 9.18 Å². The Morgan fingerprint density at radius 2 is 2.04 bits per heavy atom. The predicted octanol–water partition coefficient (Wildman–Crippen LogP) is 0.784. The third kappa shape index (κ3) is 3.25. The lowest BCUT2D eigenvalue weighted by molar-refractivity contribution is -0.133. The fraction of sp³-hybridized carbons (Fsp3) is 0.400. The SMILES string of the molecule is O=C(COc1ccc(F)cc1)N1CCC(N2C(=O)COC2=O)C1. The number of imide groups is 1. The second-order valence-corrected chi connectivity index (χ2v) is 5.34. The van der Waals surface area contributed by atoms with Crippen LogP contribution in [0.2, 0.25) is 0 Å². The number of halogens is 1. The van der Waals surface area contributed by atoms with Gasteiger partial charge >= 0.3 is 6.09 Å². The number of amides is 3. The molecule has 122 valence electrons. The molecule has 3 amide bonds. The van der Waals surface area contributed by atoms with Gasteiger partial charge in [-0.05, 0) is 30.7 Å². The topological polar surface area (TPSA) is 76.2 Å². The number of carbonyl (C=O) groups excluding carboxylic acids is 3. The zero-order chi connectivity index (χ0) is 16.4. The summed E-state index contributed by atoms with van der Waals surface area (Å²) in [6, 6.07) is 5.02. The van der Waals surface area contributed by atoms with Crippen molar-refractivity contribution in [1.82, 2.24) is 9.80 Å². The largest absolute Gasteiger partial charge is 0.484 e. The quantitative estimate of drug-likeness (QED) is 0.819. The third-order valence-electron chi connectivity index (χ3n) is 3.84. The smallest absolute Gasteiger partial charge is 0.417 e. The molecule has 1 atom stereocenters. The maximum Gasteiger partial charge on any atom is 0.417 e. The standard InChI is InChI=1S/C15H15FN2O5/c16-10-1-3-12(4-2-10)22-8-13(19)17-6-5-11(7-17)18-14(20)9-23-15(18)21/h1-4,11H,5-9H2. The first-order chi connectivity index (χ1) is 11.0. The molecule has 2 fully saturated rings. The van der Waals surface area contributed by atoms with Crippen LogP contribution < -0.4 is 4.74 Å². The predicted molar refractivity (Wildman–Crippen MR) is 75.1 cm³/mol. The van der Waals surface area contributed by atoms with E-state index in [0.717, 1.165) is 4.90 Å². The van der Waals surface area contributed by atoms with Crippen LogP contribution in [-0.4, -0.2) is 60.1 Å². The molecule has 2 aliphatic heterocycles. The van der Waals surface area contributed by atoms with Gasteiger partial charge in [0.1, 0.15) is 11.6 Å². The van der Waals surface area contributed by atoms with Gasteiger partial charge in [-0.1, -0.05) is 0 Å². The van der Waals surface area contributed by atoms with Crippen molar-refractivity contribution >= 4 is 17.9 Å². The van der Waals surface area contributed by atoms with Crippen molar-refractivity contribution in [3.05, 3.63) is 30.1 Å². The zero-order valence-corrected chi connectivity index (χ0v) is 12.2. The first kappa shape index (κ1) is 15.3. The summed E-state index contributed by atoms with van der Waals surface area (Å²) in [5, 5.41) is 0. The molecule has 0 aromatic heterocycles. The number of hydrogen-bond acceptors (Lipinski definition) is 5. The van der Waals surface area contributed by atoms with Crippen molar-refractivity contribution in [3.8, 4) is 5.75 Å². The molecule has 0 spiro atoms. The van der Waals surface area contributed by atoms with E-state index in [9.17, 15) is 18.8 Å². The number of likely N-dealkylation sites (tertiary alicyclic amines) is 1. The minimum atomic E-state index is -0.656. The Balaban J connectivity index is 1.52. The third-order valence-corrected chi connectivity index (χ3v) is 3.84. The molecule has 1 aromatic carbocycles. The van der Waals surface area contributed by atoms with Gasteiger partial charge in [0.15, 0.2) is 13.2 Å². The minimum Gasteiger partial charge on any atom is -0.484 e. The maximum atomic E-state index is 12.8. The van der Waals surface area contributed by atoms with Crippen LogP contribution in [0.25, 0.3) is 0 Å². The lowest BCUT2D eigenvalue weighted by atomic mass is 10.2. The molecule has 0 aliphatic carbocycles. The fourth-order valence-corrected chi connectivity index (χ4v) is 2.66. The van der Waals surface area contributed by atoms with Gasteiger partial charge in [0, 0.05) is 13.1 Å². The molecule has 0 saturated carbocycles. The highest BCUT2D eigenvalue weighted by atomic mass is 19.1. The molecule has 2 aliphatic rings. The highest BCUT2D eigenvalue weighted by Gasteiger charge is 2.41. The first-order valence-electron chi connectivity index (χ1n) is 7.19. The van der Waals surface area contributed by atoms with Gasteiger partial charge in [-0.15, -0.1) is 0 Å². The minimum absolute atomic E-state index is 0.184. The molecule has 0 bridgehead atoms. The number of rotatable bonds is 4. The monoisotopic (exact) mass is 322 g/mol. The number of cyclic esters (lactones) is 1. The van der Waals surface area contributed by atoms with E-state index in [1.165, 1.54) is 29.2 Å². The molecule has 8 heteroatoms. The van der Waals surface area contributed by atoms with E-state index in [4.69, 9.17) is 4.74 Å². The number of hydrogen-bond donors (Lipinski definition) is 0. The van der Waals surface area contributed by atoms with Gasteiger partial charge in [0.05, 0.1) is 6.04 Å². The van der Waals surface area contributed by atoms with Crippen molar-refractivity contribution in [2.75, 3.05) is 26.3 Å². The van der Waals surface area contributed by atoms with Gasteiger partial charge < -0.3 is 14.4 Å². The summed E-state index contributed by atoms with van der Waals surface area (Å²) in [4.78, 5) is 37.8. The summed E-state index contributed by atoms with van der Waals surface area (Å²) in [5.41, 5.74) is 0. The summed E-state index contributed by atoms with van der Waals surface area (Å²) in [5.74, 6) is -0.615. The van der Waals surface area contributed by atoms with E-state index in [-0.39, 0.29) is 43.4 Å². The average molecular weight is 322 g/mol. The molecule has 1 unspecified atom stereocenters. The second kappa shape index (κ2) is 6.23. The van der Waals surface area contributed by atoms with Crippen molar-refractivity contribution < 1.29 is 28.2 Å². The van der Waals surface area contributed by atoms with Crippen molar-refractivity contribution in [1.29, 1.82) is 0 Å². The van der Waals surface area contributed by atoms with E-state index in [2.05, 4.69) is 4.74 Å². The number of benzene rings is 1. The Hall–Kier alpha value is -2.64. The van der Waals surface area contributed by atoms with E-state index in [0.29, 0.717) is 18.7 Å². The Morgan fingerprint density at radius 1 is 1.30 bits per heavy atom. The Labute approximate surface area is 131 Å². The molecule has 2 heterocycles. The maximum absolute atomic E-state index is 12.8. The fourth-order valence-electron chi connectivity index (χ4n) is 2.66. The Morgan fingerprint density at radius 3 is 2.70 bits per heavy atom. The van der Waals surface area contributed by atoms with Crippen LogP contribution in [0.15, 0.2) is 24.3 Å². The van der Waals surface area contributed by atoms with Crippen molar-refractivity contribution in [2.24, 2.45) is 0 Å². The summed E-state index contributed by atoms with van der Waals surface area (Å²) < 4.78 is 22.8. The van der Waals surface area contributed by atoms with Crippen LogP contribution in [-0.2, 0) is 14.3 Å². The molecule has 0 N–H and O–H groups in total. The van der Waals surface area contributed by atoms with Gasteiger partial charge in [0.2, 0.25) is 0 Å². The van der Waals surface area contributed by atoms with Gasteiger partial charge in [0.25, 0.3) is 11.8 Å². The molecule has 3 rings (SSSR count). The summed E-state index contributed by atoms with van der Waals surface area (Å²) in [7, 11) is 0. The number of ether oxygens (including phenoxy) is 2. The summed E-state index contributed by atoms with van der Waals surface area (Å²) >= 11 is 0. The van der Waals surface area contributed by atoms with Gasteiger partial charge in [-0.25, -0.2) is 14.1 Å². The van der Waals surface area contributed by atoms with E-state index in [1.54, 1.807) is 0 Å². The molecular formula is C15H15FN2O5. The zero-order valence-electron chi connectivity index (χ0n) is 12.2. The van der Waals surface area contributed by atoms with Crippen LogP contribution in [0.3, 0.4) is 0 Å². The molecule has 7 nitrogen and oxygen atoms in total. The summed E-state index contributed by atoms with van der Waals surface area (Å²) in [6.45, 7) is 0.285. The van der Waals surface area contributed by atoms with Crippen LogP contribution >= 0.6 is 0 Å². The van der Waals surface area contributed by atoms with Crippen molar-refractivity contribution in [3.63, 3.8) is 0 Å². The lowest BCUT2D eigenvalue weighted by Crippen LogP contribution is -2.42. The molecule has 2 saturated heterocycles. The number of nitrogens with zero attached hydrogens (tertiary/aromatic N) is 2. The van der Waals surface area contributed by atoms with Gasteiger partial charge in [-0.3, -0.25) is 9.59 Å².